The minimum Gasteiger partial charge on any atom is -0.352 e. The van der Waals surface area contributed by atoms with Gasteiger partial charge < -0.3 is 10.6 Å². The van der Waals surface area contributed by atoms with Gasteiger partial charge in [0.25, 0.3) is 0 Å². The van der Waals surface area contributed by atoms with Crippen LogP contribution in [0.4, 0.5) is 0 Å². The third-order valence-electron chi connectivity index (χ3n) is 3.86. The molecule has 0 aromatic rings. The summed E-state index contributed by atoms with van der Waals surface area (Å²) in [5, 5.41) is 15.2. The minimum absolute atomic E-state index is 0.0219. The molecule has 0 spiro atoms. The van der Waals surface area contributed by atoms with Crippen LogP contribution in [0.15, 0.2) is 0 Å². The van der Waals surface area contributed by atoms with Crippen LogP contribution in [0.5, 0.6) is 0 Å². The third-order valence-corrected chi connectivity index (χ3v) is 3.86. The van der Waals surface area contributed by atoms with Gasteiger partial charge in [0.2, 0.25) is 5.91 Å². The van der Waals surface area contributed by atoms with Gasteiger partial charge in [-0.25, -0.2) is 0 Å². The van der Waals surface area contributed by atoms with E-state index in [4.69, 9.17) is 5.26 Å². The first-order valence-electron chi connectivity index (χ1n) is 6.13. The van der Waals surface area contributed by atoms with Gasteiger partial charge in [0.15, 0.2) is 0 Å². The number of nitrogens with one attached hydrogen (secondary N) is 2. The third kappa shape index (κ3) is 2.19. The Kier molecular flexibility index (Phi) is 3.45. The lowest BCUT2D eigenvalue weighted by atomic mass is 9.96. The normalized spacial score (nSPS) is 38.2. The Hall–Kier alpha value is -1.08. The van der Waals surface area contributed by atoms with E-state index in [2.05, 4.69) is 23.6 Å². The van der Waals surface area contributed by atoms with E-state index in [9.17, 15) is 4.79 Å². The molecule has 4 atom stereocenters. The predicted molar refractivity (Wildman–Crippen MR) is 60.4 cm³/mol. The molecule has 0 aromatic heterocycles. The van der Waals surface area contributed by atoms with Crippen molar-refractivity contribution in [3.63, 3.8) is 0 Å². The standard InChI is InChI=1S/C12H19N3O/c1-8-6-14-7-10(8)12(16)15-11-4-2-3-9(11)5-13/h8-11,14H,2-4,6-7H2,1H3,(H,15,16)/t8-,9?,10-,11?/m1/s1. The quantitative estimate of drug-likeness (QED) is 0.719. The van der Waals surface area contributed by atoms with Crippen LogP contribution in [0.25, 0.3) is 0 Å². The molecule has 2 fully saturated rings. The molecule has 2 aliphatic rings. The molecule has 2 unspecified atom stereocenters. The van der Waals surface area contributed by atoms with E-state index >= 15 is 0 Å². The average Bonchev–Trinajstić information content (AvgIpc) is 2.86. The van der Waals surface area contributed by atoms with Crippen molar-refractivity contribution >= 4 is 5.91 Å². The number of carbonyl (C=O) groups excluding carboxylic acids is 1. The molecule has 4 nitrogen and oxygen atoms in total. The largest absolute Gasteiger partial charge is 0.352 e. The van der Waals surface area contributed by atoms with Crippen molar-refractivity contribution in [3.8, 4) is 6.07 Å². The van der Waals surface area contributed by atoms with Crippen molar-refractivity contribution in [3.05, 3.63) is 0 Å². The second-order valence-electron chi connectivity index (χ2n) is 5.02. The van der Waals surface area contributed by atoms with Crippen LogP contribution in [-0.4, -0.2) is 25.0 Å². The number of amides is 1. The van der Waals surface area contributed by atoms with Crippen LogP contribution in [0.3, 0.4) is 0 Å². The highest BCUT2D eigenvalue weighted by atomic mass is 16.2. The lowest BCUT2D eigenvalue weighted by Gasteiger charge is -2.20. The van der Waals surface area contributed by atoms with Crippen molar-refractivity contribution < 1.29 is 4.79 Å². The monoisotopic (exact) mass is 221 g/mol. The summed E-state index contributed by atoms with van der Waals surface area (Å²) in [6.07, 6.45) is 2.94. The van der Waals surface area contributed by atoms with Crippen LogP contribution < -0.4 is 10.6 Å². The predicted octanol–water partition coefficient (Wildman–Crippen LogP) is 0.650. The fourth-order valence-corrected chi connectivity index (χ4v) is 2.74. The summed E-state index contributed by atoms with van der Waals surface area (Å²) in [5.74, 6) is 0.639. The average molecular weight is 221 g/mol. The molecule has 1 aliphatic carbocycles. The van der Waals surface area contributed by atoms with Gasteiger partial charge in [0.1, 0.15) is 0 Å². The van der Waals surface area contributed by atoms with Gasteiger partial charge in [0, 0.05) is 12.6 Å². The zero-order valence-corrected chi connectivity index (χ0v) is 9.70. The van der Waals surface area contributed by atoms with Crippen LogP contribution in [0.2, 0.25) is 0 Å². The van der Waals surface area contributed by atoms with Gasteiger partial charge in [-0.15, -0.1) is 0 Å². The summed E-state index contributed by atoms with van der Waals surface area (Å²) < 4.78 is 0. The molecular formula is C12H19N3O. The van der Waals surface area contributed by atoms with E-state index in [1.54, 1.807) is 0 Å². The highest BCUT2D eigenvalue weighted by Gasteiger charge is 2.34. The van der Waals surface area contributed by atoms with E-state index in [-0.39, 0.29) is 23.8 Å². The highest BCUT2D eigenvalue weighted by Crippen LogP contribution is 2.26. The van der Waals surface area contributed by atoms with Crippen molar-refractivity contribution in [2.24, 2.45) is 17.8 Å². The van der Waals surface area contributed by atoms with E-state index in [1.165, 1.54) is 0 Å². The molecule has 1 heterocycles. The molecule has 88 valence electrons. The molecule has 2 N–H and O–H groups in total. The zero-order chi connectivity index (χ0) is 11.5. The lowest BCUT2D eigenvalue weighted by molar-refractivity contribution is -0.126. The first-order chi connectivity index (χ1) is 7.72. The number of hydrogen-bond donors (Lipinski definition) is 2. The topological polar surface area (TPSA) is 64.9 Å². The Morgan fingerprint density at radius 2 is 2.25 bits per heavy atom. The maximum atomic E-state index is 12.0. The molecule has 4 heteroatoms. The minimum atomic E-state index is 0.0219. The van der Waals surface area contributed by atoms with E-state index in [1.807, 2.05) is 0 Å². The first kappa shape index (κ1) is 11.4. The van der Waals surface area contributed by atoms with Crippen molar-refractivity contribution in [1.82, 2.24) is 10.6 Å². The number of nitriles is 1. The van der Waals surface area contributed by atoms with Gasteiger partial charge in [-0.1, -0.05) is 6.92 Å². The summed E-state index contributed by atoms with van der Waals surface area (Å²) in [7, 11) is 0. The molecule has 0 radical (unpaired) electrons. The van der Waals surface area contributed by atoms with Crippen LogP contribution in [0.1, 0.15) is 26.2 Å². The summed E-state index contributed by atoms with van der Waals surface area (Å²) in [6, 6.07) is 2.38. The van der Waals surface area contributed by atoms with E-state index < -0.39 is 0 Å². The molecule has 1 aliphatic heterocycles. The smallest absolute Gasteiger partial charge is 0.224 e. The molecule has 16 heavy (non-hydrogen) atoms. The molecule has 2 rings (SSSR count). The maximum absolute atomic E-state index is 12.0. The number of rotatable bonds is 2. The van der Waals surface area contributed by atoms with E-state index in [0.29, 0.717) is 5.92 Å². The summed E-state index contributed by atoms with van der Waals surface area (Å²) in [6.45, 7) is 3.79. The van der Waals surface area contributed by atoms with Gasteiger partial charge in [-0.05, 0) is 31.7 Å². The van der Waals surface area contributed by atoms with Gasteiger partial charge >= 0.3 is 0 Å². The van der Waals surface area contributed by atoms with Crippen molar-refractivity contribution in [1.29, 1.82) is 5.26 Å². The number of hydrogen-bond acceptors (Lipinski definition) is 3. The Labute approximate surface area is 96.4 Å². The van der Waals surface area contributed by atoms with Gasteiger partial charge in [0.05, 0.1) is 17.9 Å². The molecule has 0 aromatic carbocycles. The van der Waals surface area contributed by atoms with Crippen LogP contribution >= 0.6 is 0 Å². The number of nitrogens with zero attached hydrogens (tertiary/aromatic N) is 1. The second-order valence-corrected chi connectivity index (χ2v) is 5.02. The Bertz CT molecular complexity index is 310. The highest BCUT2D eigenvalue weighted by molar-refractivity contribution is 5.80. The van der Waals surface area contributed by atoms with Gasteiger partial charge in [-0.2, -0.15) is 5.26 Å². The Morgan fingerprint density at radius 1 is 1.44 bits per heavy atom. The summed E-state index contributed by atoms with van der Waals surface area (Å²) in [5.41, 5.74) is 0. The SMILES string of the molecule is C[C@@H]1CNC[C@H]1C(=O)NC1CCCC1C#N. The fraction of sp³-hybridized carbons (Fsp3) is 0.833. The molecule has 1 amide bonds. The van der Waals surface area contributed by atoms with Crippen LogP contribution in [-0.2, 0) is 4.79 Å². The molecular weight excluding hydrogens is 202 g/mol. The molecule has 1 saturated heterocycles. The lowest BCUT2D eigenvalue weighted by Crippen LogP contribution is -2.42. The molecule has 1 saturated carbocycles. The van der Waals surface area contributed by atoms with Gasteiger partial charge in [-0.3, -0.25) is 4.79 Å². The number of carbonyl (C=O) groups is 1. The zero-order valence-electron chi connectivity index (χ0n) is 9.70. The summed E-state index contributed by atoms with van der Waals surface area (Å²) >= 11 is 0. The fourth-order valence-electron chi connectivity index (χ4n) is 2.74. The van der Waals surface area contributed by atoms with Crippen molar-refractivity contribution in [2.75, 3.05) is 13.1 Å². The second kappa shape index (κ2) is 4.84. The molecule has 0 bridgehead atoms. The first-order valence-corrected chi connectivity index (χ1v) is 6.13. The van der Waals surface area contributed by atoms with Crippen molar-refractivity contribution in [2.45, 2.75) is 32.2 Å². The maximum Gasteiger partial charge on any atom is 0.224 e. The van der Waals surface area contributed by atoms with Crippen LogP contribution in [0, 0.1) is 29.1 Å². The Morgan fingerprint density at radius 3 is 2.88 bits per heavy atom. The summed E-state index contributed by atoms with van der Waals surface area (Å²) in [4.78, 5) is 12.0. The van der Waals surface area contributed by atoms with E-state index in [0.717, 1.165) is 32.4 Å². The Balaban J connectivity index is 1.89.